The van der Waals surface area contributed by atoms with Crippen molar-refractivity contribution in [2.24, 2.45) is 0 Å². The standard InChI is InChI=1S/C13H10ClNO3/c1-8-7-9(4-5-10(8)13(16)17)18-12-11(14)3-2-6-15-12/h2-7H,1H3,(H,16,17). The molecule has 0 aliphatic carbocycles. The van der Waals surface area contributed by atoms with Crippen LogP contribution in [0.2, 0.25) is 5.02 Å². The zero-order valence-electron chi connectivity index (χ0n) is 9.55. The van der Waals surface area contributed by atoms with Crippen molar-refractivity contribution in [3.05, 3.63) is 52.7 Å². The van der Waals surface area contributed by atoms with Crippen LogP contribution >= 0.6 is 11.6 Å². The maximum Gasteiger partial charge on any atom is 0.335 e. The second-order valence-corrected chi connectivity index (χ2v) is 4.08. The molecule has 0 amide bonds. The predicted molar refractivity (Wildman–Crippen MR) is 67.5 cm³/mol. The first kappa shape index (κ1) is 12.4. The number of pyridine rings is 1. The third kappa shape index (κ3) is 2.60. The summed E-state index contributed by atoms with van der Waals surface area (Å²) in [6.07, 6.45) is 1.57. The summed E-state index contributed by atoms with van der Waals surface area (Å²) in [5.41, 5.74) is 0.863. The molecule has 0 aliphatic rings. The molecule has 0 aliphatic heterocycles. The average molecular weight is 264 g/mol. The number of benzene rings is 1. The van der Waals surface area contributed by atoms with Crippen LogP contribution in [0.5, 0.6) is 11.6 Å². The minimum Gasteiger partial charge on any atom is -0.478 e. The Morgan fingerprint density at radius 2 is 2.17 bits per heavy atom. The summed E-state index contributed by atoms with van der Waals surface area (Å²) < 4.78 is 5.49. The summed E-state index contributed by atoms with van der Waals surface area (Å²) in [4.78, 5) is 14.9. The van der Waals surface area contributed by atoms with Gasteiger partial charge in [0.05, 0.1) is 5.56 Å². The molecule has 0 unspecified atom stereocenters. The van der Waals surface area contributed by atoms with Crippen molar-refractivity contribution in [1.29, 1.82) is 0 Å². The lowest BCUT2D eigenvalue weighted by atomic mass is 10.1. The van der Waals surface area contributed by atoms with Crippen LogP contribution in [0.3, 0.4) is 0 Å². The first-order chi connectivity index (χ1) is 8.58. The van der Waals surface area contributed by atoms with Crippen LogP contribution in [-0.2, 0) is 0 Å². The molecule has 0 bridgehead atoms. The highest BCUT2D eigenvalue weighted by Gasteiger charge is 2.09. The molecule has 92 valence electrons. The van der Waals surface area contributed by atoms with Crippen molar-refractivity contribution in [3.63, 3.8) is 0 Å². The van der Waals surface area contributed by atoms with E-state index < -0.39 is 5.97 Å². The Bertz CT molecular complexity index is 599. The van der Waals surface area contributed by atoms with Crippen molar-refractivity contribution in [3.8, 4) is 11.6 Å². The van der Waals surface area contributed by atoms with Crippen molar-refractivity contribution in [2.75, 3.05) is 0 Å². The lowest BCUT2D eigenvalue weighted by Gasteiger charge is -2.08. The lowest BCUT2D eigenvalue weighted by molar-refractivity contribution is 0.0696. The van der Waals surface area contributed by atoms with Crippen molar-refractivity contribution in [1.82, 2.24) is 4.98 Å². The average Bonchev–Trinajstić information content (AvgIpc) is 2.32. The van der Waals surface area contributed by atoms with Crippen LogP contribution in [-0.4, -0.2) is 16.1 Å². The molecule has 0 radical (unpaired) electrons. The normalized spacial score (nSPS) is 10.1. The SMILES string of the molecule is Cc1cc(Oc2ncccc2Cl)ccc1C(=O)O. The highest BCUT2D eigenvalue weighted by atomic mass is 35.5. The highest BCUT2D eigenvalue weighted by Crippen LogP contribution is 2.27. The Balaban J connectivity index is 2.29. The van der Waals surface area contributed by atoms with E-state index in [9.17, 15) is 4.79 Å². The van der Waals surface area contributed by atoms with Gasteiger partial charge in [-0.15, -0.1) is 0 Å². The van der Waals surface area contributed by atoms with E-state index in [1.807, 2.05) is 0 Å². The van der Waals surface area contributed by atoms with Gasteiger partial charge >= 0.3 is 5.97 Å². The first-order valence-corrected chi connectivity index (χ1v) is 5.58. The fourth-order valence-corrected chi connectivity index (χ4v) is 1.66. The zero-order chi connectivity index (χ0) is 13.1. The molecule has 5 heteroatoms. The molecule has 0 fully saturated rings. The molecule has 4 nitrogen and oxygen atoms in total. The monoisotopic (exact) mass is 263 g/mol. The number of hydrogen-bond donors (Lipinski definition) is 1. The number of halogens is 1. The molecule has 0 spiro atoms. The molecule has 18 heavy (non-hydrogen) atoms. The molecule has 0 saturated carbocycles. The van der Waals surface area contributed by atoms with Gasteiger partial charge in [0, 0.05) is 6.20 Å². The van der Waals surface area contributed by atoms with Crippen molar-refractivity contribution >= 4 is 17.6 Å². The molecule has 2 aromatic rings. The molecule has 1 aromatic heterocycles. The molecular formula is C13H10ClNO3. The predicted octanol–water partition coefficient (Wildman–Crippen LogP) is 3.53. The molecule has 0 saturated heterocycles. The van der Waals surface area contributed by atoms with Crippen LogP contribution < -0.4 is 4.74 Å². The van der Waals surface area contributed by atoms with E-state index in [1.165, 1.54) is 6.07 Å². The number of aromatic nitrogens is 1. The van der Waals surface area contributed by atoms with Crippen LogP contribution in [0.4, 0.5) is 0 Å². The van der Waals surface area contributed by atoms with Gasteiger partial charge in [-0.05, 0) is 42.8 Å². The highest BCUT2D eigenvalue weighted by molar-refractivity contribution is 6.31. The van der Waals surface area contributed by atoms with E-state index in [4.69, 9.17) is 21.4 Å². The summed E-state index contributed by atoms with van der Waals surface area (Å²) in [5.74, 6) is -0.172. The lowest BCUT2D eigenvalue weighted by Crippen LogP contribution is -1.99. The van der Waals surface area contributed by atoms with Gasteiger partial charge in [-0.1, -0.05) is 11.6 Å². The largest absolute Gasteiger partial charge is 0.478 e. The van der Waals surface area contributed by atoms with Crippen molar-refractivity contribution in [2.45, 2.75) is 6.92 Å². The molecule has 1 N–H and O–H groups in total. The fourth-order valence-electron chi connectivity index (χ4n) is 1.50. The van der Waals surface area contributed by atoms with Crippen molar-refractivity contribution < 1.29 is 14.6 Å². The molecule has 0 atom stereocenters. The fraction of sp³-hybridized carbons (Fsp3) is 0.0769. The molecule has 2 rings (SSSR count). The molecule has 1 aromatic carbocycles. The Kier molecular flexibility index (Phi) is 3.48. The van der Waals surface area contributed by atoms with E-state index >= 15 is 0 Å². The summed E-state index contributed by atoms with van der Waals surface area (Å²) in [6.45, 7) is 1.70. The van der Waals surface area contributed by atoms with E-state index in [2.05, 4.69) is 4.98 Å². The van der Waals surface area contributed by atoms with E-state index in [0.717, 1.165) is 0 Å². The molecular weight excluding hydrogens is 254 g/mol. The van der Waals surface area contributed by atoms with E-state index in [-0.39, 0.29) is 5.56 Å². The Labute approximate surface area is 109 Å². The van der Waals surface area contributed by atoms with Gasteiger partial charge in [-0.2, -0.15) is 0 Å². The van der Waals surface area contributed by atoms with Gasteiger partial charge < -0.3 is 9.84 Å². The molecule has 1 heterocycles. The second kappa shape index (κ2) is 5.06. The smallest absolute Gasteiger partial charge is 0.335 e. The summed E-state index contributed by atoms with van der Waals surface area (Å²) in [6, 6.07) is 8.07. The number of rotatable bonds is 3. The maximum atomic E-state index is 10.9. The number of nitrogens with zero attached hydrogens (tertiary/aromatic N) is 1. The maximum absolute atomic E-state index is 10.9. The minimum absolute atomic E-state index is 0.245. The first-order valence-electron chi connectivity index (χ1n) is 5.20. The Morgan fingerprint density at radius 1 is 1.39 bits per heavy atom. The second-order valence-electron chi connectivity index (χ2n) is 3.67. The zero-order valence-corrected chi connectivity index (χ0v) is 10.3. The van der Waals surface area contributed by atoms with E-state index in [1.54, 1.807) is 37.4 Å². The number of carboxylic acid groups (broad SMARTS) is 1. The van der Waals surface area contributed by atoms with Gasteiger partial charge in [0.1, 0.15) is 10.8 Å². The van der Waals surface area contributed by atoms with Gasteiger partial charge in [0.25, 0.3) is 0 Å². The number of ether oxygens (including phenoxy) is 1. The summed E-state index contributed by atoms with van der Waals surface area (Å²) >= 11 is 5.91. The third-order valence-electron chi connectivity index (χ3n) is 2.37. The summed E-state index contributed by atoms with van der Waals surface area (Å²) in [5, 5.41) is 9.32. The van der Waals surface area contributed by atoms with Gasteiger partial charge in [0.2, 0.25) is 5.88 Å². The Morgan fingerprint density at radius 3 is 2.78 bits per heavy atom. The van der Waals surface area contributed by atoms with Gasteiger partial charge in [-0.3, -0.25) is 0 Å². The quantitative estimate of drug-likeness (QED) is 0.920. The van der Waals surface area contributed by atoms with Crippen LogP contribution in [0.15, 0.2) is 36.5 Å². The van der Waals surface area contributed by atoms with Crippen LogP contribution in [0.1, 0.15) is 15.9 Å². The number of carboxylic acids is 1. The number of carbonyl (C=O) groups is 1. The topological polar surface area (TPSA) is 59.4 Å². The number of hydrogen-bond acceptors (Lipinski definition) is 3. The van der Waals surface area contributed by atoms with Crippen LogP contribution in [0, 0.1) is 6.92 Å². The van der Waals surface area contributed by atoms with Crippen LogP contribution in [0.25, 0.3) is 0 Å². The Hall–Kier alpha value is -2.07. The summed E-state index contributed by atoms with van der Waals surface area (Å²) in [7, 11) is 0. The number of aryl methyl sites for hydroxylation is 1. The number of aromatic carboxylic acids is 1. The third-order valence-corrected chi connectivity index (χ3v) is 2.66. The minimum atomic E-state index is -0.963. The van der Waals surface area contributed by atoms with E-state index in [0.29, 0.717) is 22.2 Å². The van der Waals surface area contributed by atoms with Gasteiger partial charge in [-0.25, -0.2) is 9.78 Å². The van der Waals surface area contributed by atoms with Gasteiger partial charge in [0.15, 0.2) is 0 Å².